The molecule has 6 rings (SSSR count). The maximum atomic E-state index is 11.8. The fourth-order valence-corrected chi connectivity index (χ4v) is 6.22. The van der Waals surface area contributed by atoms with E-state index in [1.807, 2.05) is 72.8 Å². The minimum atomic E-state index is -0.577. The molecule has 6 aromatic carbocycles. The summed E-state index contributed by atoms with van der Waals surface area (Å²) in [6.45, 7) is 3.20. The van der Waals surface area contributed by atoms with Crippen molar-refractivity contribution in [3.05, 3.63) is 196 Å². The van der Waals surface area contributed by atoms with Gasteiger partial charge in [-0.2, -0.15) is 0 Å². The maximum absolute atomic E-state index is 11.8. The zero-order chi connectivity index (χ0) is 39.5. The van der Waals surface area contributed by atoms with Gasteiger partial charge in [0, 0.05) is 5.41 Å². The minimum absolute atomic E-state index is 0.339. The molecule has 0 bridgehead atoms. The van der Waals surface area contributed by atoms with Gasteiger partial charge < -0.3 is 28.4 Å². The fourth-order valence-electron chi connectivity index (χ4n) is 6.22. The summed E-state index contributed by atoms with van der Waals surface area (Å²) >= 11 is 0. The number of methoxy groups -OCH3 is 3. The van der Waals surface area contributed by atoms with Gasteiger partial charge in [-0.05, 0) is 113 Å². The Labute approximate surface area is 326 Å². The van der Waals surface area contributed by atoms with Crippen LogP contribution in [-0.4, -0.2) is 39.2 Å². The van der Waals surface area contributed by atoms with E-state index in [0.29, 0.717) is 53.8 Å². The lowest BCUT2D eigenvalue weighted by molar-refractivity contribution is 0.0592. The van der Waals surface area contributed by atoms with E-state index < -0.39 is 5.41 Å². The molecule has 0 amide bonds. The van der Waals surface area contributed by atoms with Crippen molar-refractivity contribution in [2.45, 2.75) is 32.2 Å². The fraction of sp³-hybridized carbons (Fsp3) is 0.170. The quantitative estimate of drug-likeness (QED) is 0.0577. The molecule has 0 saturated carbocycles. The van der Waals surface area contributed by atoms with Crippen molar-refractivity contribution < 1.29 is 42.8 Å². The number of rotatable bonds is 15. The predicted molar refractivity (Wildman–Crippen MR) is 211 cm³/mol. The monoisotopic (exact) mass is 750 g/mol. The van der Waals surface area contributed by atoms with Gasteiger partial charge in [-0.15, -0.1) is 0 Å². The molecule has 0 saturated heterocycles. The van der Waals surface area contributed by atoms with Crippen LogP contribution in [-0.2, 0) is 39.4 Å². The third-order valence-electron chi connectivity index (χ3n) is 9.64. The highest BCUT2D eigenvalue weighted by atomic mass is 16.5. The second kappa shape index (κ2) is 18.0. The summed E-state index contributed by atoms with van der Waals surface area (Å²) in [6.07, 6.45) is 0. The molecule has 56 heavy (non-hydrogen) atoms. The van der Waals surface area contributed by atoms with Gasteiger partial charge in [0.2, 0.25) is 0 Å². The summed E-state index contributed by atoms with van der Waals surface area (Å²) < 4.78 is 32.7. The van der Waals surface area contributed by atoms with Gasteiger partial charge in [0.1, 0.15) is 37.1 Å². The second-order valence-corrected chi connectivity index (χ2v) is 13.1. The van der Waals surface area contributed by atoms with Gasteiger partial charge in [0.25, 0.3) is 0 Å². The molecular weight excluding hydrogens is 709 g/mol. The lowest BCUT2D eigenvalue weighted by atomic mass is 9.71. The Morgan fingerprint density at radius 1 is 0.375 bits per heavy atom. The predicted octanol–water partition coefficient (Wildman–Crippen LogP) is 9.14. The average Bonchev–Trinajstić information content (AvgIpc) is 3.26. The minimum Gasteiger partial charge on any atom is -0.489 e. The smallest absolute Gasteiger partial charge is 0.337 e. The first kappa shape index (κ1) is 38.8. The van der Waals surface area contributed by atoms with Crippen molar-refractivity contribution in [2.75, 3.05) is 21.3 Å². The number of hydrogen-bond acceptors (Lipinski definition) is 9. The zero-order valence-corrected chi connectivity index (χ0v) is 31.7. The Morgan fingerprint density at radius 2 is 0.607 bits per heavy atom. The molecule has 0 spiro atoms. The molecule has 6 aromatic rings. The summed E-state index contributed by atoms with van der Waals surface area (Å²) in [5.74, 6) is 0.981. The Bertz CT molecular complexity index is 1970. The van der Waals surface area contributed by atoms with Crippen LogP contribution in [0.2, 0.25) is 0 Å². The third kappa shape index (κ3) is 9.25. The molecular formula is C47H42O9. The molecule has 0 heterocycles. The van der Waals surface area contributed by atoms with Crippen LogP contribution < -0.4 is 14.2 Å². The van der Waals surface area contributed by atoms with Crippen molar-refractivity contribution in [3.63, 3.8) is 0 Å². The van der Waals surface area contributed by atoms with Crippen molar-refractivity contribution in [1.82, 2.24) is 0 Å². The molecule has 0 atom stereocenters. The molecule has 0 aliphatic carbocycles. The average molecular weight is 751 g/mol. The van der Waals surface area contributed by atoms with Crippen LogP contribution in [0, 0.1) is 0 Å². The summed E-state index contributed by atoms with van der Waals surface area (Å²) in [4.78, 5) is 35.4. The molecule has 0 radical (unpaired) electrons. The van der Waals surface area contributed by atoms with Gasteiger partial charge in [-0.25, -0.2) is 14.4 Å². The largest absolute Gasteiger partial charge is 0.489 e. The van der Waals surface area contributed by atoms with Crippen LogP contribution in [0.3, 0.4) is 0 Å². The number of ether oxygens (including phenoxy) is 6. The molecule has 0 aliphatic heterocycles. The lowest BCUT2D eigenvalue weighted by Crippen LogP contribution is -2.25. The van der Waals surface area contributed by atoms with E-state index in [9.17, 15) is 14.4 Å². The van der Waals surface area contributed by atoms with Crippen LogP contribution >= 0.6 is 0 Å². The molecule has 0 fully saturated rings. The standard InChI is InChI=1S/C47H42O9/c1-47(38-17-23-41(24-18-38)54-29-32-5-11-35(12-6-32)44(48)51-2,39-19-25-42(26-20-39)55-30-33-7-13-36(14-8-33)45(49)52-3)40-21-27-43(28-22-40)56-31-34-9-15-37(16-10-34)46(50)53-4/h5-28H,29-31H2,1-4H3. The second-order valence-electron chi connectivity index (χ2n) is 13.1. The SMILES string of the molecule is COC(=O)c1ccc(COc2ccc(C(C)(c3ccc(OCc4ccc(C(=O)OC)cc4)cc3)c3ccc(OCc4ccc(C(=O)OC)cc4)cc3)cc2)cc1. The van der Waals surface area contributed by atoms with Crippen molar-refractivity contribution in [1.29, 1.82) is 0 Å². The molecule has 9 nitrogen and oxygen atoms in total. The number of esters is 3. The Hall–Kier alpha value is -6.87. The Kier molecular flexibility index (Phi) is 12.5. The van der Waals surface area contributed by atoms with Gasteiger partial charge in [0.05, 0.1) is 38.0 Å². The molecule has 0 aliphatic rings. The van der Waals surface area contributed by atoms with Crippen molar-refractivity contribution >= 4 is 17.9 Å². The molecule has 0 unspecified atom stereocenters. The van der Waals surface area contributed by atoms with Gasteiger partial charge in [0.15, 0.2) is 0 Å². The number of hydrogen-bond donors (Lipinski definition) is 0. The summed E-state index contributed by atoms with van der Waals surface area (Å²) in [6, 6.07) is 45.6. The molecule has 284 valence electrons. The van der Waals surface area contributed by atoms with E-state index >= 15 is 0 Å². The molecule has 0 aromatic heterocycles. The molecule has 0 N–H and O–H groups in total. The maximum Gasteiger partial charge on any atom is 0.337 e. The van der Waals surface area contributed by atoms with E-state index in [4.69, 9.17) is 28.4 Å². The van der Waals surface area contributed by atoms with E-state index in [1.165, 1.54) is 21.3 Å². The van der Waals surface area contributed by atoms with Gasteiger partial charge >= 0.3 is 17.9 Å². The highest BCUT2D eigenvalue weighted by Gasteiger charge is 2.31. The zero-order valence-electron chi connectivity index (χ0n) is 31.7. The van der Waals surface area contributed by atoms with E-state index in [2.05, 4.69) is 43.3 Å². The van der Waals surface area contributed by atoms with Crippen LogP contribution in [0.5, 0.6) is 17.2 Å². The topological polar surface area (TPSA) is 107 Å². The number of carbonyl (C=O) groups is 3. The van der Waals surface area contributed by atoms with Crippen molar-refractivity contribution in [2.24, 2.45) is 0 Å². The van der Waals surface area contributed by atoms with E-state index in [-0.39, 0.29) is 17.9 Å². The Morgan fingerprint density at radius 3 is 0.821 bits per heavy atom. The summed E-state index contributed by atoms with van der Waals surface area (Å²) in [5, 5.41) is 0. The normalized spacial score (nSPS) is 10.9. The first-order valence-corrected chi connectivity index (χ1v) is 17.9. The first-order chi connectivity index (χ1) is 27.2. The van der Waals surface area contributed by atoms with Crippen LogP contribution in [0.1, 0.15) is 71.4 Å². The van der Waals surface area contributed by atoms with Crippen LogP contribution in [0.4, 0.5) is 0 Å². The van der Waals surface area contributed by atoms with Gasteiger partial charge in [-0.1, -0.05) is 72.8 Å². The third-order valence-corrected chi connectivity index (χ3v) is 9.64. The summed E-state index contributed by atoms with van der Waals surface area (Å²) in [7, 11) is 4.08. The molecule has 9 heteroatoms. The highest BCUT2D eigenvalue weighted by molar-refractivity contribution is 5.90. The first-order valence-electron chi connectivity index (χ1n) is 17.9. The van der Waals surface area contributed by atoms with Crippen LogP contribution in [0.15, 0.2) is 146 Å². The van der Waals surface area contributed by atoms with Crippen LogP contribution in [0.25, 0.3) is 0 Å². The van der Waals surface area contributed by atoms with Crippen molar-refractivity contribution in [3.8, 4) is 17.2 Å². The summed E-state index contributed by atoms with van der Waals surface area (Å²) in [5.41, 5.74) is 6.79. The van der Waals surface area contributed by atoms with E-state index in [1.54, 1.807) is 36.4 Å². The Balaban J connectivity index is 1.20. The van der Waals surface area contributed by atoms with Gasteiger partial charge in [-0.3, -0.25) is 0 Å². The highest BCUT2D eigenvalue weighted by Crippen LogP contribution is 2.40. The lowest BCUT2D eigenvalue weighted by Gasteiger charge is -2.32. The van der Waals surface area contributed by atoms with E-state index in [0.717, 1.165) is 33.4 Å². The number of benzene rings is 6. The number of carbonyl (C=O) groups excluding carboxylic acids is 3.